The molecule has 0 aromatic carbocycles. The lowest BCUT2D eigenvalue weighted by Gasteiger charge is -2.01. The first kappa shape index (κ1) is 9.50. The fourth-order valence-corrected chi connectivity index (χ4v) is 1.68. The molecule has 0 aliphatic heterocycles. The van der Waals surface area contributed by atoms with E-state index in [2.05, 4.69) is 19.1 Å². The third-order valence-corrected chi connectivity index (χ3v) is 2.47. The number of carbonyl (C=O) groups is 1. The molecule has 1 heteroatoms. The van der Waals surface area contributed by atoms with Gasteiger partial charge in [-0.1, -0.05) is 25.5 Å². The van der Waals surface area contributed by atoms with Gasteiger partial charge in [0, 0.05) is 12.3 Å². The second-order valence-corrected chi connectivity index (χ2v) is 3.55. The number of carbonyl (C=O) groups excluding carboxylic acids is 1. The zero-order chi connectivity index (χ0) is 8.81. The molecule has 68 valence electrons. The smallest absolute Gasteiger partial charge is 0.136 e. The topological polar surface area (TPSA) is 17.1 Å². The molecule has 1 rings (SSSR count). The Labute approximate surface area is 74.9 Å². The van der Waals surface area contributed by atoms with Gasteiger partial charge in [-0.05, 0) is 25.7 Å². The first-order valence-electron chi connectivity index (χ1n) is 5.02. The van der Waals surface area contributed by atoms with Crippen molar-refractivity contribution >= 4 is 5.78 Å². The number of unbranched alkanes of at least 4 members (excludes halogenated alkanes) is 1. The molecule has 1 atom stereocenters. The van der Waals surface area contributed by atoms with E-state index in [1.807, 2.05) is 0 Å². The fourth-order valence-electron chi connectivity index (χ4n) is 1.68. The highest BCUT2D eigenvalue weighted by Crippen LogP contribution is 2.24. The largest absolute Gasteiger partial charge is 0.299 e. The highest BCUT2D eigenvalue weighted by atomic mass is 16.1. The lowest BCUT2D eigenvalue weighted by molar-refractivity contribution is -0.120. The van der Waals surface area contributed by atoms with Gasteiger partial charge in [0.25, 0.3) is 0 Å². The van der Waals surface area contributed by atoms with Crippen molar-refractivity contribution in [2.75, 3.05) is 0 Å². The molecule has 1 aliphatic rings. The van der Waals surface area contributed by atoms with Crippen LogP contribution in [0.4, 0.5) is 0 Å². The molecule has 12 heavy (non-hydrogen) atoms. The minimum Gasteiger partial charge on any atom is -0.299 e. The van der Waals surface area contributed by atoms with Crippen molar-refractivity contribution in [3.05, 3.63) is 12.2 Å². The maximum absolute atomic E-state index is 11.2. The summed E-state index contributed by atoms with van der Waals surface area (Å²) in [5.41, 5.74) is 0. The summed E-state index contributed by atoms with van der Waals surface area (Å²) < 4.78 is 0. The first-order chi connectivity index (χ1) is 5.84. The third-order valence-electron chi connectivity index (χ3n) is 2.47. The molecule has 0 amide bonds. The summed E-state index contributed by atoms with van der Waals surface area (Å²) in [6, 6.07) is 0. The van der Waals surface area contributed by atoms with E-state index in [0.717, 1.165) is 32.1 Å². The monoisotopic (exact) mass is 166 g/mol. The van der Waals surface area contributed by atoms with Crippen LogP contribution in [0.1, 0.15) is 45.4 Å². The van der Waals surface area contributed by atoms with Crippen LogP contribution in [-0.4, -0.2) is 5.78 Å². The maximum atomic E-state index is 11.2. The summed E-state index contributed by atoms with van der Waals surface area (Å²) in [5, 5.41) is 0. The van der Waals surface area contributed by atoms with Crippen LogP contribution in [0.2, 0.25) is 0 Å². The highest BCUT2D eigenvalue weighted by Gasteiger charge is 2.22. The first-order valence-corrected chi connectivity index (χ1v) is 5.02. The standard InChI is InChI=1S/C11H18O/c1-2-3-4-5-7-10-8-6-9-11(10)12/h4-5,10H,2-3,6-9H2,1H3. The lowest BCUT2D eigenvalue weighted by Crippen LogP contribution is -2.03. The maximum Gasteiger partial charge on any atom is 0.136 e. The molecule has 1 fully saturated rings. The number of ketones is 1. The molecule has 1 aliphatic carbocycles. The van der Waals surface area contributed by atoms with Crippen molar-refractivity contribution in [2.45, 2.75) is 45.4 Å². The van der Waals surface area contributed by atoms with Gasteiger partial charge in [0.2, 0.25) is 0 Å². The van der Waals surface area contributed by atoms with Crippen LogP contribution >= 0.6 is 0 Å². The van der Waals surface area contributed by atoms with E-state index < -0.39 is 0 Å². The summed E-state index contributed by atoms with van der Waals surface area (Å²) in [6.07, 6.45) is 10.8. The predicted octanol–water partition coefficient (Wildman–Crippen LogP) is 3.10. The molecule has 0 aromatic heterocycles. The zero-order valence-electron chi connectivity index (χ0n) is 7.88. The molecule has 0 heterocycles. The molecule has 1 saturated carbocycles. The number of hydrogen-bond acceptors (Lipinski definition) is 1. The Morgan fingerprint density at radius 3 is 2.92 bits per heavy atom. The summed E-state index contributed by atoms with van der Waals surface area (Å²) in [6.45, 7) is 2.17. The molecule has 1 nitrogen and oxygen atoms in total. The number of rotatable bonds is 4. The Morgan fingerprint density at radius 2 is 2.33 bits per heavy atom. The van der Waals surface area contributed by atoms with Gasteiger partial charge in [0.1, 0.15) is 5.78 Å². The molecule has 0 spiro atoms. The van der Waals surface area contributed by atoms with Crippen molar-refractivity contribution in [1.82, 2.24) is 0 Å². The molecule has 1 unspecified atom stereocenters. The highest BCUT2D eigenvalue weighted by molar-refractivity contribution is 5.82. The summed E-state index contributed by atoms with van der Waals surface area (Å²) in [4.78, 5) is 11.2. The van der Waals surface area contributed by atoms with Gasteiger partial charge in [0.05, 0.1) is 0 Å². The van der Waals surface area contributed by atoms with Gasteiger partial charge < -0.3 is 0 Å². The van der Waals surface area contributed by atoms with Gasteiger partial charge in [-0.25, -0.2) is 0 Å². The lowest BCUT2D eigenvalue weighted by atomic mass is 10.0. The van der Waals surface area contributed by atoms with Crippen molar-refractivity contribution < 1.29 is 4.79 Å². The zero-order valence-corrected chi connectivity index (χ0v) is 7.88. The molecule has 0 saturated heterocycles. The second-order valence-electron chi connectivity index (χ2n) is 3.55. The van der Waals surface area contributed by atoms with E-state index in [4.69, 9.17) is 0 Å². The van der Waals surface area contributed by atoms with Gasteiger partial charge in [-0.15, -0.1) is 0 Å². The summed E-state index contributed by atoms with van der Waals surface area (Å²) >= 11 is 0. The van der Waals surface area contributed by atoms with Crippen LogP contribution in [0, 0.1) is 5.92 Å². The van der Waals surface area contributed by atoms with Crippen molar-refractivity contribution in [1.29, 1.82) is 0 Å². The minimum atomic E-state index is 0.359. The Kier molecular flexibility index (Phi) is 4.06. The SMILES string of the molecule is CCCC=CCC1CCCC1=O. The van der Waals surface area contributed by atoms with Crippen molar-refractivity contribution in [3.8, 4) is 0 Å². The molecular weight excluding hydrogens is 148 g/mol. The van der Waals surface area contributed by atoms with Crippen LogP contribution < -0.4 is 0 Å². The normalized spacial score (nSPS) is 24.1. The van der Waals surface area contributed by atoms with E-state index >= 15 is 0 Å². The van der Waals surface area contributed by atoms with Crippen molar-refractivity contribution in [2.24, 2.45) is 5.92 Å². The van der Waals surface area contributed by atoms with Gasteiger partial charge in [0.15, 0.2) is 0 Å². The molecule has 0 aromatic rings. The third kappa shape index (κ3) is 2.80. The molecule has 0 N–H and O–H groups in total. The van der Waals surface area contributed by atoms with Crippen LogP contribution in [0.5, 0.6) is 0 Å². The Balaban J connectivity index is 2.18. The Morgan fingerprint density at radius 1 is 1.50 bits per heavy atom. The van der Waals surface area contributed by atoms with E-state index in [9.17, 15) is 4.79 Å². The average molecular weight is 166 g/mol. The Hall–Kier alpha value is -0.590. The molecular formula is C11H18O. The summed E-state index contributed by atoms with van der Waals surface area (Å²) in [5.74, 6) is 0.842. The summed E-state index contributed by atoms with van der Waals surface area (Å²) in [7, 11) is 0. The van der Waals surface area contributed by atoms with Crippen molar-refractivity contribution in [3.63, 3.8) is 0 Å². The van der Waals surface area contributed by atoms with E-state index in [-0.39, 0.29) is 0 Å². The van der Waals surface area contributed by atoms with E-state index in [1.54, 1.807) is 0 Å². The quantitative estimate of drug-likeness (QED) is 0.586. The van der Waals surface area contributed by atoms with Crippen LogP contribution in [0.25, 0.3) is 0 Å². The second kappa shape index (κ2) is 5.13. The fraction of sp³-hybridized carbons (Fsp3) is 0.727. The predicted molar refractivity (Wildman–Crippen MR) is 51.0 cm³/mol. The molecule has 0 radical (unpaired) electrons. The number of Topliss-reactive ketones (excluding diaryl/α,β-unsaturated/α-hetero) is 1. The van der Waals surface area contributed by atoms with Gasteiger partial charge in [-0.3, -0.25) is 4.79 Å². The van der Waals surface area contributed by atoms with Gasteiger partial charge >= 0.3 is 0 Å². The number of hydrogen-bond donors (Lipinski definition) is 0. The van der Waals surface area contributed by atoms with Gasteiger partial charge in [-0.2, -0.15) is 0 Å². The van der Waals surface area contributed by atoms with E-state index in [1.165, 1.54) is 6.42 Å². The Bertz CT molecular complexity index is 170. The number of allylic oxidation sites excluding steroid dienone is 2. The van der Waals surface area contributed by atoms with Crippen LogP contribution in [0.3, 0.4) is 0 Å². The van der Waals surface area contributed by atoms with E-state index in [0.29, 0.717) is 11.7 Å². The van der Waals surface area contributed by atoms with Crippen LogP contribution in [-0.2, 0) is 4.79 Å². The minimum absolute atomic E-state index is 0.359. The van der Waals surface area contributed by atoms with Crippen LogP contribution in [0.15, 0.2) is 12.2 Å². The molecule has 0 bridgehead atoms. The average Bonchev–Trinajstić information content (AvgIpc) is 2.46.